The number of amides is 1. The molecule has 2 saturated heterocycles. The third-order valence-electron chi connectivity index (χ3n) is 6.12. The van der Waals surface area contributed by atoms with E-state index in [1.807, 2.05) is 30.1 Å². The topological polar surface area (TPSA) is 65.2 Å². The highest BCUT2D eigenvalue weighted by Gasteiger charge is 2.38. The lowest BCUT2D eigenvalue weighted by atomic mass is 9.94. The van der Waals surface area contributed by atoms with E-state index in [4.69, 9.17) is 5.73 Å². The number of piperazine rings is 1. The Morgan fingerprint density at radius 3 is 2.40 bits per heavy atom. The molecule has 0 saturated carbocycles. The maximum absolute atomic E-state index is 13.1. The number of nitrogens with two attached hydrogens (primary N) is 1. The Labute approximate surface area is 176 Å². The third-order valence-corrected chi connectivity index (χ3v) is 6.12. The molecule has 4 rings (SSSR count). The molecule has 0 radical (unpaired) electrons. The molecule has 0 bridgehead atoms. The number of anilines is 1. The van der Waals surface area contributed by atoms with Crippen LogP contribution in [0.3, 0.4) is 0 Å². The molecule has 1 amide bonds. The van der Waals surface area contributed by atoms with Crippen LogP contribution in [0.25, 0.3) is 0 Å². The molecule has 30 heavy (non-hydrogen) atoms. The molecule has 158 valence electrons. The number of benzene rings is 2. The molecule has 2 aliphatic heterocycles. The molecule has 2 heterocycles. The highest BCUT2D eigenvalue weighted by atomic mass is 19.1. The lowest BCUT2D eigenvalue weighted by Gasteiger charge is -2.36. The zero-order valence-electron chi connectivity index (χ0n) is 17.2. The van der Waals surface area contributed by atoms with Gasteiger partial charge >= 0.3 is 0 Å². The number of hydrogen-bond acceptors (Lipinski definition) is 3. The Kier molecular flexibility index (Phi) is 5.88. The Hall–Kier alpha value is -3.09. The summed E-state index contributed by atoms with van der Waals surface area (Å²) < 4.78 is 13.1. The quantitative estimate of drug-likeness (QED) is 0.622. The molecule has 2 N–H and O–H groups in total. The van der Waals surface area contributed by atoms with Crippen LogP contribution in [-0.2, 0) is 4.79 Å². The van der Waals surface area contributed by atoms with Gasteiger partial charge in [-0.25, -0.2) is 4.39 Å². The van der Waals surface area contributed by atoms with Crippen molar-refractivity contribution in [3.05, 3.63) is 66.0 Å². The average Bonchev–Trinajstić information content (AvgIpc) is 3.06. The molecule has 2 atom stereocenters. The van der Waals surface area contributed by atoms with E-state index < -0.39 is 0 Å². The van der Waals surface area contributed by atoms with Crippen molar-refractivity contribution in [2.24, 2.45) is 16.6 Å². The zero-order chi connectivity index (χ0) is 21.1. The van der Waals surface area contributed by atoms with Gasteiger partial charge in [-0.2, -0.15) is 0 Å². The number of likely N-dealkylation sites (tertiary alicyclic amines) is 1. The van der Waals surface area contributed by atoms with E-state index in [0.717, 1.165) is 37.4 Å². The Morgan fingerprint density at radius 1 is 1.07 bits per heavy atom. The van der Waals surface area contributed by atoms with Gasteiger partial charge in [0, 0.05) is 57.8 Å². The van der Waals surface area contributed by atoms with Crippen LogP contribution in [0.2, 0.25) is 0 Å². The summed E-state index contributed by atoms with van der Waals surface area (Å²) in [6.45, 7) is 3.66. The normalized spacial score (nSPS) is 22.7. The van der Waals surface area contributed by atoms with Gasteiger partial charge in [0.2, 0.25) is 5.91 Å². The predicted octanol–water partition coefficient (Wildman–Crippen LogP) is 2.48. The summed E-state index contributed by atoms with van der Waals surface area (Å²) in [4.78, 5) is 23.1. The van der Waals surface area contributed by atoms with E-state index in [9.17, 15) is 9.18 Å². The van der Waals surface area contributed by atoms with E-state index in [2.05, 4.69) is 26.9 Å². The number of aliphatic imine (C=N–C) groups is 1. The minimum atomic E-state index is -0.224. The summed E-state index contributed by atoms with van der Waals surface area (Å²) in [5, 5.41) is 0. The molecule has 2 unspecified atom stereocenters. The van der Waals surface area contributed by atoms with Crippen molar-refractivity contribution in [1.82, 2.24) is 9.80 Å². The molecule has 2 aliphatic rings. The van der Waals surface area contributed by atoms with E-state index in [1.165, 1.54) is 12.1 Å². The van der Waals surface area contributed by atoms with Crippen molar-refractivity contribution in [2.45, 2.75) is 12.5 Å². The summed E-state index contributed by atoms with van der Waals surface area (Å²) >= 11 is 0. The standard InChI is InChI=1S/C23H28FN5O/c1-27-21(30)15-18(22(27)17-5-3-2-4-6-17)16-26-23(25)29-13-11-28(12-14-29)20-9-7-19(24)8-10-20/h2-10,18,22H,11-16H2,1H3,(H2,25,26). The molecular formula is C23H28FN5O. The number of carbonyl (C=O) groups is 1. The summed E-state index contributed by atoms with van der Waals surface area (Å²) in [6.07, 6.45) is 0.491. The van der Waals surface area contributed by atoms with Crippen LogP contribution in [0.4, 0.5) is 10.1 Å². The highest BCUT2D eigenvalue weighted by Crippen LogP contribution is 2.37. The van der Waals surface area contributed by atoms with E-state index in [1.54, 1.807) is 12.1 Å². The fourth-order valence-electron chi connectivity index (χ4n) is 4.42. The van der Waals surface area contributed by atoms with Crippen LogP contribution in [0.1, 0.15) is 18.0 Å². The van der Waals surface area contributed by atoms with Crippen LogP contribution in [0, 0.1) is 11.7 Å². The SMILES string of the molecule is CN1C(=O)CC(CN=C(N)N2CCN(c3ccc(F)cc3)CC2)C1c1ccccc1. The molecule has 6 nitrogen and oxygen atoms in total. The molecular weight excluding hydrogens is 381 g/mol. The maximum atomic E-state index is 13.1. The van der Waals surface area contributed by atoms with Crippen LogP contribution < -0.4 is 10.6 Å². The second kappa shape index (κ2) is 8.73. The van der Waals surface area contributed by atoms with Gasteiger partial charge in [0.25, 0.3) is 0 Å². The maximum Gasteiger partial charge on any atom is 0.223 e. The van der Waals surface area contributed by atoms with Crippen LogP contribution in [-0.4, -0.2) is 61.4 Å². The second-order valence-electron chi connectivity index (χ2n) is 7.97. The molecule has 2 aromatic rings. The molecule has 0 aliphatic carbocycles. The third kappa shape index (κ3) is 4.25. The lowest BCUT2D eigenvalue weighted by Crippen LogP contribution is -2.51. The number of hydrogen-bond donors (Lipinski definition) is 1. The van der Waals surface area contributed by atoms with Gasteiger partial charge in [-0.15, -0.1) is 0 Å². The van der Waals surface area contributed by atoms with Gasteiger partial charge in [-0.1, -0.05) is 30.3 Å². The first-order chi connectivity index (χ1) is 14.5. The van der Waals surface area contributed by atoms with Gasteiger partial charge in [-0.05, 0) is 29.8 Å². The van der Waals surface area contributed by atoms with Crippen molar-refractivity contribution in [3.8, 4) is 0 Å². The Morgan fingerprint density at radius 2 is 1.73 bits per heavy atom. The van der Waals surface area contributed by atoms with Gasteiger partial charge in [0.05, 0.1) is 6.04 Å². The summed E-state index contributed by atoms with van der Waals surface area (Å²) in [7, 11) is 1.86. The van der Waals surface area contributed by atoms with Crippen molar-refractivity contribution < 1.29 is 9.18 Å². The van der Waals surface area contributed by atoms with E-state index >= 15 is 0 Å². The monoisotopic (exact) mass is 409 g/mol. The van der Waals surface area contributed by atoms with Gasteiger partial charge in [0.15, 0.2) is 5.96 Å². The van der Waals surface area contributed by atoms with E-state index in [0.29, 0.717) is 18.9 Å². The summed E-state index contributed by atoms with van der Waals surface area (Å²) in [6, 6.07) is 16.7. The fraction of sp³-hybridized carbons (Fsp3) is 0.391. The summed E-state index contributed by atoms with van der Waals surface area (Å²) in [5.74, 6) is 0.570. The van der Waals surface area contributed by atoms with Crippen molar-refractivity contribution in [2.75, 3.05) is 44.7 Å². The molecule has 0 aromatic heterocycles. The largest absolute Gasteiger partial charge is 0.370 e. The minimum absolute atomic E-state index is 0.0329. The zero-order valence-corrected chi connectivity index (χ0v) is 17.2. The Bertz CT molecular complexity index is 894. The second-order valence-corrected chi connectivity index (χ2v) is 7.97. The number of halogens is 1. The number of nitrogens with zero attached hydrogens (tertiary/aromatic N) is 4. The lowest BCUT2D eigenvalue weighted by molar-refractivity contribution is -0.127. The molecule has 2 aromatic carbocycles. The first kappa shape index (κ1) is 20.2. The number of guanidine groups is 1. The van der Waals surface area contributed by atoms with Crippen LogP contribution in [0.5, 0.6) is 0 Å². The summed E-state index contributed by atoms with van der Waals surface area (Å²) in [5.41, 5.74) is 8.45. The van der Waals surface area contributed by atoms with Crippen molar-refractivity contribution >= 4 is 17.6 Å². The molecule has 7 heteroatoms. The fourth-order valence-corrected chi connectivity index (χ4v) is 4.42. The van der Waals surface area contributed by atoms with Crippen molar-refractivity contribution in [3.63, 3.8) is 0 Å². The van der Waals surface area contributed by atoms with Gasteiger partial charge in [-0.3, -0.25) is 9.79 Å². The minimum Gasteiger partial charge on any atom is -0.370 e. The first-order valence-corrected chi connectivity index (χ1v) is 10.4. The van der Waals surface area contributed by atoms with Gasteiger partial charge < -0.3 is 20.4 Å². The van der Waals surface area contributed by atoms with Crippen LogP contribution in [0.15, 0.2) is 59.6 Å². The smallest absolute Gasteiger partial charge is 0.223 e. The van der Waals surface area contributed by atoms with E-state index in [-0.39, 0.29) is 23.7 Å². The van der Waals surface area contributed by atoms with Crippen molar-refractivity contribution in [1.29, 1.82) is 0 Å². The first-order valence-electron chi connectivity index (χ1n) is 10.4. The number of carbonyl (C=O) groups excluding carboxylic acids is 1. The highest BCUT2D eigenvalue weighted by molar-refractivity contribution is 5.80. The molecule has 0 spiro atoms. The molecule has 2 fully saturated rings. The van der Waals surface area contributed by atoms with Gasteiger partial charge in [0.1, 0.15) is 5.82 Å². The Balaban J connectivity index is 1.37. The predicted molar refractivity (Wildman–Crippen MR) is 117 cm³/mol. The number of rotatable bonds is 4. The average molecular weight is 410 g/mol. The van der Waals surface area contributed by atoms with Crippen LogP contribution >= 0.6 is 0 Å².